The maximum absolute atomic E-state index is 13.7. The number of halogens is 1. The molecule has 0 amide bonds. The van der Waals surface area contributed by atoms with Gasteiger partial charge in [-0.05, 0) is 39.0 Å². The molecule has 0 aromatic rings. The molecule has 2 N–H and O–H groups in total. The van der Waals surface area contributed by atoms with Gasteiger partial charge in [-0.15, -0.1) is 0 Å². The molecule has 2 nitrogen and oxygen atoms in total. The number of aliphatic hydroxyl groups is 1. The average Bonchev–Trinajstić information content (AvgIpc) is 2.08. The van der Waals surface area contributed by atoms with Crippen LogP contribution in [0.5, 0.6) is 0 Å². The van der Waals surface area contributed by atoms with Gasteiger partial charge in [0.15, 0.2) is 0 Å². The van der Waals surface area contributed by atoms with Crippen molar-refractivity contribution in [2.45, 2.75) is 32.5 Å². The van der Waals surface area contributed by atoms with E-state index in [4.69, 9.17) is 0 Å². The molecule has 0 fully saturated rings. The molecule has 0 bridgehead atoms. The van der Waals surface area contributed by atoms with E-state index >= 15 is 0 Å². The highest BCUT2D eigenvalue weighted by Crippen LogP contribution is 2.20. The fourth-order valence-electron chi connectivity index (χ4n) is 1.27. The SMILES string of the molecule is CC(C)NC1=CC(C)(F)C=CC(O)=C1. The molecule has 1 atom stereocenters. The fraction of sp³-hybridized carbons (Fsp3) is 0.455. The van der Waals surface area contributed by atoms with E-state index in [2.05, 4.69) is 5.32 Å². The molecule has 1 rings (SSSR count). The number of hydrogen-bond acceptors (Lipinski definition) is 2. The Hall–Kier alpha value is -1.25. The highest BCUT2D eigenvalue weighted by atomic mass is 19.1. The Labute approximate surface area is 83.8 Å². The molecular formula is C11H16FNO. The summed E-state index contributed by atoms with van der Waals surface area (Å²) in [6, 6.07) is 0.208. The van der Waals surface area contributed by atoms with Crippen LogP contribution in [-0.2, 0) is 0 Å². The van der Waals surface area contributed by atoms with E-state index < -0.39 is 5.67 Å². The summed E-state index contributed by atoms with van der Waals surface area (Å²) in [5.74, 6) is 0.0609. The van der Waals surface area contributed by atoms with Gasteiger partial charge in [0.2, 0.25) is 0 Å². The predicted octanol–water partition coefficient (Wildman–Crippen LogP) is 2.61. The zero-order valence-electron chi connectivity index (χ0n) is 8.71. The first-order valence-corrected chi connectivity index (χ1v) is 4.67. The van der Waals surface area contributed by atoms with Crippen LogP contribution in [-0.4, -0.2) is 16.8 Å². The first kappa shape index (κ1) is 10.8. The van der Waals surface area contributed by atoms with E-state index in [1.807, 2.05) is 13.8 Å². The number of allylic oxidation sites excluding steroid dienone is 4. The van der Waals surface area contributed by atoms with Gasteiger partial charge in [-0.2, -0.15) is 0 Å². The summed E-state index contributed by atoms with van der Waals surface area (Å²) in [6.45, 7) is 5.36. The third-order valence-electron chi connectivity index (χ3n) is 1.78. The van der Waals surface area contributed by atoms with Crippen LogP contribution in [0.4, 0.5) is 4.39 Å². The minimum atomic E-state index is -1.52. The molecule has 3 heteroatoms. The van der Waals surface area contributed by atoms with Crippen molar-refractivity contribution in [1.29, 1.82) is 0 Å². The van der Waals surface area contributed by atoms with Crippen LogP contribution in [0.2, 0.25) is 0 Å². The molecule has 0 saturated heterocycles. The van der Waals surface area contributed by atoms with E-state index in [1.165, 1.54) is 31.2 Å². The van der Waals surface area contributed by atoms with E-state index in [0.717, 1.165) is 0 Å². The molecule has 0 radical (unpaired) electrons. The minimum Gasteiger partial charge on any atom is -0.508 e. The lowest BCUT2D eigenvalue weighted by atomic mass is 10.1. The quantitative estimate of drug-likeness (QED) is 0.713. The second-order valence-corrected chi connectivity index (χ2v) is 3.95. The van der Waals surface area contributed by atoms with Crippen molar-refractivity contribution in [1.82, 2.24) is 5.32 Å². The number of nitrogens with one attached hydrogen (secondary N) is 1. The summed E-state index contributed by atoms with van der Waals surface area (Å²) >= 11 is 0. The Bertz CT molecular complexity index is 300. The molecule has 1 aliphatic rings. The van der Waals surface area contributed by atoms with Crippen molar-refractivity contribution < 1.29 is 9.50 Å². The molecule has 0 aromatic heterocycles. The van der Waals surface area contributed by atoms with Gasteiger partial charge in [0.05, 0.1) is 0 Å². The first-order chi connectivity index (χ1) is 6.39. The minimum absolute atomic E-state index is 0.0609. The maximum Gasteiger partial charge on any atom is 0.147 e. The number of rotatable bonds is 2. The van der Waals surface area contributed by atoms with Crippen molar-refractivity contribution in [2.24, 2.45) is 0 Å². The summed E-state index contributed by atoms with van der Waals surface area (Å²) < 4.78 is 13.7. The summed E-state index contributed by atoms with van der Waals surface area (Å²) in [5, 5.41) is 12.4. The van der Waals surface area contributed by atoms with E-state index in [1.54, 1.807) is 0 Å². The molecule has 0 spiro atoms. The maximum atomic E-state index is 13.7. The molecule has 0 aliphatic heterocycles. The number of hydrogen-bond donors (Lipinski definition) is 2. The smallest absolute Gasteiger partial charge is 0.147 e. The molecule has 78 valence electrons. The van der Waals surface area contributed by atoms with Crippen LogP contribution in [0.15, 0.2) is 35.8 Å². The van der Waals surface area contributed by atoms with Crippen LogP contribution in [0.3, 0.4) is 0 Å². The number of aliphatic hydroxyl groups excluding tert-OH is 1. The monoisotopic (exact) mass is 197 g/mol. The van der Waals surface area contributed by atoms with Gasteiger partial charge >= 0.3 is 0 Å². The van der Waals surface area contributed by atoms with Gasteiger partial charge in [0, 0.05) is 17.8 Å². The highest BCUT2D eigenvalue weighted by molar-refractivity contribution is 5.34. The molecule has 14 heavy (non-hydrogen) atoms. The van der Waals surface area contributed by atoms with Crippen molar-refractivity contribution in [2.75, 3.05) is 0 Å². The Morgan fingerprint density at radius 2 is 2.14 bits per heavy atom. The highest BCUT2D eigenvalue weighted by Gasteiger charge is 2.19. The van der Waals surface area contributed by atoms with E-state index in [-0.39, 0.29) is 11.8 Å². The van der Waals surface area contributed by atoms with Crippen LogP contribution < -0.4 is 5.32 Å². The molecule has 0 heterocycles. The lowest BCUT2D eigenvalue weighted by molar-refractivity contribution is 0.325. The Morgan fingerprint density at radius 1 is 1.50 bits per heavy atom. The second-order valence-electron chi connectivity index (χ2n) is 3.95. The van der Waals surface area contributed by atoms with Crippen molar-refractivity contribution in [3.63, 3.8) is 0 Å². The van der Waals surface area contributed by atoms with E-state index in [9.17, 15) is 9.50 Å². The van der Waals surface area contributed by atoms with Crippen LogP contribution >= 0.6 is 0 Å². The lowest BCUT2D eigenvalue weighted by Gasteiger charge is -2.14. The topological polar surface area (TPSA) is 32.3 Å². The Kier molecular flexibility index (Phi) is 2.99. The van der Waals surface area contributed by atoms with Crippen molar-refractivity contribution >= 4 is 0 Å². The van der Waals surface area contributed by atoms with Gasteiger partial charge in [0.1, 0.15) is 11.4 Å². The fourth-order valence-corrected chi connectivity index (χ4v) is 1.27. The van der Waals surface area contributed by atoms with Crippen LogP contribution in [0.1, 0.15) is 20.8 Å². The zero-order chi connectivity index (χ0) is 10.8. The summed E-state index contributed by atoms with van der Waals surface area (Å²) in [5.41, 5.74) is -0.912. The Balaban J connectivity index is 2.92. The third kappa shape index (κ3) is 3.24. The third-order valence-corrected chi connectivity index (χ3v) is 1.78. The molecule has 1 unspecified atom stereocenters. The van der Waals surface area contributed by atoms with Gasteiger partial charge in [-0.1, -0.05) is 0 Å². The lowest BCUT2D eigenvalue weighted by Crippen LogP contribution is -2.23. The Morgan fingerprint density at radius 3 is 2.71 bits per heavy atom. The molecular weight excluding hydrogens is 181 g/mol. The molecule has 1 aliphatic carbocycles. The molecule has 0 saturated carbocycles. The van der Waals surface area contributed by atoms with Gasteiger partial charge in [0.25, 0.3) is 0 Å². The van der Waals surface area contributed by atoms with E-state index in [0.29, 0.717) is 5.70 Å². The van der Waals surface area contributed by atoms with Crippen LogP contribution in [0.25, 0.3) is 0 Å². The zero-order valence-corrected chi connectivity index (χ0v) is 8.71. The standard InChI is InChI=1S/C11H16FNO/c1-8(2)13-9-6-10(14)4-5-11(3,12)7-9/h4-8,13-14H,1-3H3. The summed E-state index contributed by atoms with van der Waals surface area (Å²) in [4.78, 5) is 0. The normalized spacial score (nSPS) is 26.9. The van der Waals surface area contributed by atoms with Gasteiger partial charge < -0.3 is 10.4 Å². The summed E-state index contributed by atoms with van der Waals surface area (Å²) in [6.07, 6.45) is 5.66. The van der Waals surface area contributed by atoms with Crippen molar-refractivity contribution in [3.05, 3.63) is 35.8 Å². The summed E-state index contributed by atoms with van der Waals surface area (Å²) in [7, 11) is 0. The van der Waals surface area contributed by atoms with Crippen LogP contribution in [0, 0.1) is 0 Å². The first-order valence-electron chi connectivity index (χ1n) is 4.67. The van der Waals surface area contributed by atoms with Gasteiger partial charge in [-0.3, -0.25) is 0 Å². The van der Waals surface area contributed by atoms with Crippen molar-refractivity contribution in [3.8, 4) is 0 Å². The van der Waals surface area contributed by atoms with Gasteiger partial charge in [-0.25, -0.2) is 4.39 Å². The number of alkyl halides is 1. The largest absolute Gasteiger partial charge is 0.508 e. The molecule has 0 aromatic carbocycles. The average molecular weight is 197 g/mol. The predicted molar refractivity (Wildman–Crippen MR) is 55.7 cm³/mol. The second kappa shape index (κ2) is 3.86.